The maximum atomic E-state index is 12.0. The molecule has 1 unspecified atom stereocenters. The van der Waals surface area contributed by atoms with E-state index in [4.69, 9.17) is 4.42 Å². The van der Waals surface area contributed by atoms with Gasteiger partial charge in [-0.2, -0.15) is 0 Å². The molecule has 1 amide bonds. The van der Waals surface area contributed by atoms with Crippen LogP contribution in [0.3, 0.4) is 0 Å². The first-order valence-corrected chi connectivity index (χ1v) is 6.90. The molecule has 1 aliphatic heterocycles. The van der Waals surface area contributed by atoms with E-state index in [1.165, 1.54) is 11.1 Å². The zero-order valence-corrected chi connectivity index (χ0v) is 12.7. The Labute approximate surface area is 130 Å². The second kappa shape index (κ2) is 6.78. The minimum Gasteiger partial charge on any atom is -0.456 e. The van der Waals surface area contributed by atoms with Gasteiger partial charge in [-0.05, 0) is 43.1 Å². The summed E-state index contributed by atoms with van der Waals surface area (Å²) in [6.07, 6.45) is 1.04. The van der Waals surface area contributed by atoms with Gasteiger partial charge in [-0.25, -0.2) is 0 Å². The molecule has 4 nitrogen and oxygen atoms in total. The molecule has 112 valence electrons. The third kappa shape index (κ3) is 3.46. The van der Waals surface area contributed by atoms with Crippen LogP contribution < -0.4 is 10.6 Å². The van der Waals surface area contributed by atoms with Gasteiger partial charge in [-0.1, -0.05) is 24.3 Å². The standard InChI is InChI=1S/C16H18N2O2.ClH/c1-11-6-7-15(20-11)16(19)18-10-14-13-5-3-2-4-12(13)8-9-17-14;/h2-7,14,17H,8-10H2,1H3,(H,18,19);1H. The molecule has 0 saturated carbocycles. The number of halogens is 1. The number of carbonyl (C=O) groups excluding carboxylic acids is 1. The summed E-state index contributed by atoms with van der Waals surface area (Å²) in [6, 6.07) is 12.0. The van der Waals surface area contributed by atoms with Gasteiger partial charge in [0.25, 0.3) is 5.91 Å². The number of amides is 1. The van der Waals surface area contributed by atoms with Crippen LogP contribution in [0.5, 0.6) is 0 Å². The molecule has 2 aromatic rings. The Hall–Kier alpha value is -1.78. The molecular weight excluding hydrogens is 288 g/mol. The predicted molar refractivity (Wildman–Crippen MR) is 83.9 cm³/mol. The Bertz CT molecular complexity index is 624. The Balaban J connectivity index is 0.00000161. The highest BCUT2D eigenvalue weighted by Crippen LogP contribution is 2.21. The smallest absolute Gasteiger partial charge is 0.287 e. The second-order valence-corrected chi connectivity index (χ2v) is 5.08. The quantitative estimate of drug-likeness (QED) is 0.916. The Morgan fingerprint density at radius 1 is 1.33 bits per heavy atom. The largest absolute Gasteiger partial charge is 0.456 e. The van der Waals surface area contributed by atoms with Crippen molar-refractivity contribution >= 4 is 18.3 Å². The number of nitrogens with one attached hydrogen (secondary N) is 2. The summed E-state index contributed by atoms with van der Waals surface area (Å²) in [5.74, 6) is 0.950. The third-order valence-electron chi connectivity index (χ3n) is 3.65. The molecule has 5 heteroatoms. The maximum Gasteiger partial charge on any atom is 0.287 e. The van der Waals surface area contributed by atoms with Crippen molar-refractivity contribution in [1.82, 2.24) is 10.6 Å². The van der Waals surface area contributed by atoms with Crippen molar-refractivity contribution in [2.24, 2.45) is 0 Å². The fourth-order valence-corrected chi connectivity index (χ4v) is 2.61. The SMILES string of the molecule is Cc1ccc(C(=O)NCC2NCCc3ccccc32)o1.Cl. The maximum absolute atomic E-state index is 12.0. The zero-order chi connectivity index (χ0) is 13.9. The van der Waals surface area contributed by atoms with Crippen LogP contribution in [0.4, 0.5) is 0 Å². The third-order valence-corrected chi connectivity index (χ3v) is 3.65. The van der Waals surface area contributed by atoms with Gasteiger partial charge in [0.1, 0.15) is 5.76 Å². The summed E-state index contributed by atoms with van der Waals surface area (Å²) in [5, 5.41) is 6.37. The zero-order valence-electron chi connectivity index (χ0n) is 11.9. The second-order valence-electron chi connectivity index (χ2n) is 5.08. The Kier molecular flexibility index (Phi) is 5.04. The Morgan fingerprint density at radius 3 is 2.90 bits per heavy atom. The normalized spacial score (nSPS) is 16.7. The van der Waals surface area contributed by atoms with Crippen LogP contribution in [0.15, 0.2) is 40.8 Å². The lowest BCUT2D eigenvalue weighted by Crippen LogP contribution is -2.38. The van der Waals surface area contributed by atoms with Gasteiger partial charge in [0.2, 0.25) is 0 Å². The minimum absolute atomic E-state index is 0. The number of benzene rings is 1. The molecular formula is C16H19ClN2O2. The van der Waals surface area contributed by atoms with Crippen LogP contribution in [0.1, 0.15) is 33.5 Å². The van der Waals surface area contributed by atoms with Crippen LogP contribution in [0.25, 0.3) is 0 Å². The summed E-state index contributed by atoms with van der Waals surface area (Å²) in [5.41, 5.74) is 2.63. The van der Waals surface area contributed by atoms with E-state index in [1.807, 2.05) is 13.0 Å². The molecule has 0 radical (unpaired) electrons. The van der Waals surface area contributed by atoms with Gasteiger partial charge in [-0.3, -0.25) is 4.79 Å². The van der Waals surface area contributed by atoms with Crippen molar-refractivity contribution in [3.8, 4) is 0 Å². The lowest BCUT2D eigenvalue weighted by molar-refractivity contribution is 0.0920. The molecule has 2 N–H and O–H groups in total. The predicted octanol–water partition coefficient (Wildman–Crippen LogP) is 2.63. The number of fused-ring (bicyclic) bond motifs is 1. The first-order valence-electron chi connectivity index (χ1n) is 6.90. The van der Waals surface area contributed by atoms with Crippen molar-refractivity contribution in [2.75, 3.05) is 13.1 Å². The van der Waals surface area contributed by atoms with Gasteiger partial charge in [0.05, 0.1) is 0 Å². The highest BCUT2D eigenvalue weighted by atomic mass is 35.5. The van der Waals surface area contributed by atoms with Crippen LogP contribution in [0, 0.1) is 6.92 Å². The number of hydrogen-bond donors (Lipinski definition) is 2. The first-order chi connectivity index (χ1) is 9.74. The molecule has 2 heterocycles. The molecule has 0 spiro atoms. The highest BCUT2D eigenvalue weighted by Gasteiger charge is 2.20. The monoisotopic (exact) mass is 306 g/mol. The summed E-state index contributed by atoms with van der Waals surface area (Å²) < 4.78 is 5.32. The summed E-state index contributed by atoms with van der Waals surface area (Å²) in [4.78, 5) is 12.0. The average Bonchev–Trinajstić information content (AvgIpc) is 2.91. The van der Waals surface area contributed by atoms with Crippen LogP contribution in [-0.2, 0) is 6.42 Å². The molecule has 0 bridgehead atoms. The summed E-state index contributed by atoms with van der Waals surface area (Å²) >= 11 is 0. The van der Waals surface area contributed by atoms with Crippen LogP contribution >= 0.6 is 12.4 Å². The number of hydrogen-bond acceptors (Lipinski definition) is 3. The van der Waals surface area contributed by atoms with Crippen molar-refractivity contribution < 1.29 is 9.21 Å². The molecule has 0 saturated heterocycles. The summed E-state index contributed by atoms with van der Waals surface area (Å²) in [7, 11) is 0. The van der Waals surface area contributed by atoms with E-state index in [0.29, 0.717) is 12.3 Å². The lowest BCUT2D eigenvalue weighted by Gasteiger charge is -2.27. The molecule has 0 fully saturated rings. The number of aryl methyl sites for hydroxylation is 1. The van der Waals surface area contributed by atoms with Crippen molar-refractivity contribution in [3.63, 3.8) is 0 Å². The number of carbonyl (C=O) groups is 1. The average molecular weight is 307 g/mol. The van der Waals surface area contributed by atoms with E-state index >= 15 is 0 Å². The molecule has 1 aliphatic rings. The molecule has 21 heavy (non-hydrogen) atoms. The van der Waals surface area contributed by atoms with E-state index in [0.717, 1.165) is 18.7 Å². The minimum atomic E-state index is -0.164. The number of furan rings is 1. The number of rotatable bonds is 3. The molecule has 3 rings (SSSR count). The van der Waals surface area contributed by atoms with Gasteiger partial charge >= 0.3 is 0 Å². The van der Waals surface area contributed by atoms with Gasteiger partial charge in [0, 0.05) is 12.6 Å². The van der Waals surface area contributed by atoms with Crippen LogP contribution in [-0.4, -0.2) is 19.0 Å². The van der Waals surface area contributed by atoms with Gasteiger partial charge in [0.15, 0.2) is 5.76 Å². The molecule has 0 aliphatic carbocycles. The van der Waals surface area contributed by atoms with E-state index < -0.39 is 0 Å². The fraction of sp³-hybridized carbons (Fsp3) is 0.312. The molecule has 1 aromatic carbocycles. The first kappa shape index (κ1) is 15.6. The van der Waals surface area contributed by atoms with E-state index in [1.54, 1.807) is 12.1 Å². The van der Waals surface area contributed by atoms with Crippen LogP contribution in [0.2, 0.25) is 0 Å². The Morgan fingerprint density at radius 2 is 2.14 bits per heavy atom. The topological polar surface area (TPSA) is 54.3 Å². The van der Waals surface area contributed by atoms with Gasteiger partial charge in [-0.15, -0.1) is 12.4 Å². The van der Waals surface area contributed by atoms with Crippen molar-refractivity contribution in [2.45, 2.75) is 19.4 Å². The lowest BCUT2D eigenvalue weighted by atomic mass is 9.94. The van der Waals surface area contributed by atoms with Crippen molar-refractivity contribution in [3.05, 3.63) is 59.0 Å². The van der Waals surface area contributed by atoms with E-state index in [-0.39, 0.29) is 24.4 Å². The fourth-order valence-electron chi connectivity index (χ4n) is 2.61. The summed E-state index contributed by atoms with van der Waals surface area (Å²) in [6.45, 7) is 3.34. The van der Waals surface area contributed by atoms with Gasteiger partial charge < -0.3 is 15.1 Å². The van der Waals surface area contributed by atoms with E-state index in [2.05, 4.69) is 28.8 Å². The highest BCUT2D eigenvalue weighted by molar-refractivity contribution is 5.91. The van der Waals surface area contributed by atoms with Crippen molar-refractivity contribution in [1.29, 1.82) is 0 Å². The molecule has 1 aromatic heterocycles. The van der Waals surface area contributed by atoms with E-state index in [9.17, 15) is 4.79 Å². The molecule has 1 atom stereocenters.